The normalized spacial score (nSPS) is 21.8. The van der Waals surface area contributed by atoms with E-state index < -0.39 is 0 Å². The molecule has 0 bridgehead atoms. The van der Waals surface area contributed by atoms with Crippen LogP contribution in [0.5, 0.6) is 0 Å². The van der Waals surface area contributed by atoms with Gasteiger partial charge in [-0.2, -0.15) is 5.10 Å². The fraction of sp³-hybridized carbons (Fsp3) is 0.550. The number of rotatable bonds is 3. The van der Waals surface area contributed by atoms with E-state index in [9.17, 15) is 9.59 Å². The molecule has 0 aliphatic carbocycles. The first-order valence-corrected chi connectivity index (χ1v) is 9.95. The minimum atomic E-state index is -0.171. The number of piperidine rings is 1. The van der Waals surface area contributed by atoms with Gasteiger partial charge in [-0.3, -0.25) is 23.7 Å². The van der Waals surface area contributed by atoms with E-state index in [1.54, 1.807) is 36.4 Å². The third-order valence-corrected chi connectivity index (χ3v) is 5.84. The molecule has 1 amide bonds. The van der Waals surface area contributed by atoms with Crippen LogP contribution < -0.4 is 5.56 Å². The molecule has 2 saturated heterocycles. The van der Waals surface area contributed by atoms with E-state index in [-0.39, 0.29) is 11.5 Å². The van der Waals surface area contributed by atoms with Gasteiger partial charge in [-0.05, 0) is 32.5 Å². The number of hydrogen-bond donors (Lipinski definition) is 0. The summed E-state index contributed by atoms with van der Waals surface area (Å²) in [6.07, 6.45) is 7.50. The fourth-order valence-electron chi connectivity index (χ4n) is 4.26. The summed E-state index contributed by atoms with van der Waals surface area (Å²) in [6, 6.07) is 3.68. The van der Waals surface area contributed by atoms with Crippen molar-refractivity contribution in [2.45, 2.75) is 18.9 Å². The van der Waals surface area contributed by atoms with Crippen molar-refractivity contribution in [2.75, 3.05) is 46.3 Å². The smallest absolute Gasteiger partial charge is 0.255 e. The number of carbonyl (C=O) groups is 1. The Morgan fingerprint density at radius 3 is 2.54 bits per heavy atom. The third kappa shape index (κ3) is 3.88. The number of likely N-dealkylation sites (N-methyl/N-ethyl adjacent to an activating group) is 1. The molecular weight excluding hydrogens is 356 g/mol. The van der Waals surface area contributed by atoms with Gasteiger partial charge in [0.2, 0.25) is 0 Å². The number of nitrogens with zero attached hydrogens (tertiary/aromatic N) is 6. The fourth-order valence-corrected chi connectivity index (χ4v) is 4.26. The van der Waals surface area contributed by atoms with Gasteiger partial charge in [0.25, 0.3) is 11.5 Å². The zero-order chi connectivity index (χ0) is 19.7. The van der Waals surface area contributed by atoms with Gasteiger partial charge in [0, 0.05) is 64.3 Å². The molecule has 4 heterocycles. The molecule has 2 aromatic heterocycles. The Balaban J connectivity index is 1.43. The van der Waals surface area contributed by atoms with E-state index in [0.717, 1.165) is 32.7 Å². The number of aryl methyl sites for hydroxylation is 1. The first kappa shape index (κ1) is 18.9. The predicted octanol–water partition coefficient (Wildman–Crippen LogP) is 0.423. The second-order valence-electron chi connectivity index (χ2n) is 7.88. The van der Waals surface area contributed by atoms with Gasteiger partial charge in [0.15, 0.2) is 0 Å². The predicted molar refractivity (Wildman–Crippen MR) is 107 cm³/mol. The molecular formula is C20H28N6O2. The summed E-state index contributed by atoms with van der Waals surface area (Å²) in [6.45, 7) is 5.57. The van der Waals surface area contributed by atoms with Crippen LogP contribution in [0.2, 0.25) is 0 Å². The van der Waals surface area contributed by atoms with Crippen LogP contribution in [0, 0.1) is 0 Å². The van der Waals surface area contributed by atoms with E-state index in [1.807, 2.05) is 4.90 Å². The molecule has 2 aliphatic rings. The highest BCUT2D eigenvalue weighted by Gasteiger charge is 2.29. The maximum absolute atomic E-state index is 13.0. The molecule has 28 heavy (non-hydrogen) atoms. The van der Waals surface area contributed by atoms with Gasteiger partial charge in [-0.15, -0.1) is 0 Å². The van der Waals surface area contributed by atoms with E-state index in [1.165, 1.54) is 30.0 Å². The molecule has 8 nitrogen and oxygen atoms in total. The summed E-state index contributed by atoms with van der Waals surface area (Å²) in [7, 11) is 3.98. The van der Waals surface area contributed by atoms with Gasteiger partial charge in [0.1, 0.15) is 0 Å². The Kier molecular flexibility index (Phi) is 5.32. The van der Waals surface area contributed by atoms with E-state index in [4.69, 9.17) is 0 Å². The van der Waals surface area contributed by atoms with Crippen molar-refractivity contribution in [1.82, 2.24) is 29.0 Å². The standard InChI is InChI=1S/C20H28N6O2/c1-22-7-3-4-17(14-22)24-8-10-25(11-9-24)20(28)16-5-6-19(27)26(13-16)18-12-21-23(2)15-18/h5-6,12-13,15,17H,3-4,7-11,14H2,1-2H3. The summed E-state index contributed by atoms with van der Waals surface area (Å²) < 4.78 is 3.12. The van der Waals surface area contributed by atoms with Crippen molar-refractivity contribution in [3.05, 3.63) is 46.6 Å². The highest BCUT2D eigenvalue weighted by atomic mass is 16.2. The molecule has 0 N–H and O–H groups in total. The summed E-state index contributed by atoms with van der Waals surface area (Å²) in [5, 5.41) is 4.11. The van der Waals surface area contributed by atoms with Crippen LogP contribution >= 0.6 is 0 Å². The van der Waals surface area contributed by atoms with Crippen LogP contribution in [0.15, 0.2) is 35.5 Å². The summed E-state index contributed by atoms with van der Waals surface area (Å²) in [5.41, 5.74) is 1.03. The number of amides is 1. The number of likely N-dealkylation sites (tertiary alicyclic amines) is 1. The maximum atomic E-state index is 13.0. The Hall–Kier alpha value is -2.45. The van der Waals surface area contributed by atoms with Crippen molar-refractivity contribution >= 4 is 5.91 Å². The van der Waals surface area contributed by atoms with Gasteiger partial charge >= 0.3 is 0 Å². The largest absolute Gasteiger partial charge is 0.336 e. The second-order valence-corrected chi connectivity index (χ2v) is 7.88. The number of aromatic nitrogens is 3. The molecule has 2 fully saturated rings. The summed E-state index contributed by atoms with van der Waals surface area (Å²) in [5.74, 6) is -0.0157. The monoisotopic (exact) mass is 384 g/mol. The van der Waals surface area contributed by atoms with Gasteiger partial charge in [0.05, 0.1) is 17.4 Å². The molecule has 2 aliphatic heterocycles. The van der Waals surface area contributed by atoms with E-state index in [0.29, 0.717) is 17.3 Å². The lowest BCUT2D eigenvalue weighted by Crippen LogP contribution is -2.55. The number of carbonyl (C=O) groups excluding carboxylic acids is 1. The SMILES string of the molecule is CN1CCCC(N2CCN(C(=O)c3ccc(=O)n(-c4cnn(C)c4)c3)CC2)C1. The van der Waals surface area contributed by atoms with Gasteiger partial charge in [-0.1, -0.05) is 0 Å². The minimum Gasteiger partial charge on any atom is -0.336 e. The van der Waals surface area contributed by atoms with Gasteiger partial charge in [-0.25, -0.2) is 0 Å². The quantitative estimate of drug-likeness (QED) is 0.768. The molecule has 0 spiro atoms. The lowest BCUT2D eigenvalue weighted by Gasteiger charge is -2.42. The van der Waals surface area contributed by atoms with Crippen molar-refractivity contribution < 1.29 is 4.79 Å². The zero-order valence-corrected chi connectivity index (χ0v) is 16.6. The molecule has 1 atom stereocenters. The molecule has 0 saturated carbocycles. The van der Waals surface area contributed by atoms with E-state index in [2.05, 4.69) is 21.9 Å². The summed E-state index contributed by atoms with van der Waals surface area (Å²) >= 11 is 0. The number of hydrogen-bond acceptors (Lipinski definition) is 5. The highest BCUT2D eigenvalue weighted by Crippen LogP contribution is 2.17. The Morgan fingerprint density at radius 2 is 1.86 bits per heavy atom. The first-order valence-electron chi connectivity index (χ1n) is 9.95. The van der Waals surface area contributed by atoms with Crippen LogP contribution in [0.1, 0.15) is 23.2 Å². The second kappa shape index (κ2) is 7.89. The van der Waals surface area contributed by atoms with Crippen LogP contribution in [-0.4, -0.2) is 87.3 Å². The van der Waals surface area contributed by atoms with Crippen molar-refractivity contribution in [3.8, 4) is 5.69 Å². The average Bonchev–Trinajstić information content (AvgIpc) is 3.14. The lowest BCUT2D eigenvalue weighted by atomic mass is 10.0. The third-order valence-electron chi connectivity index (χ3n) is 5.84. The summed E-state index contributed by atoms with van der Waals surface area (Å²) in [4.78, 5) is 32.0. The van der Waals surface area contributed by atoms with Gasteiger partial charge < -0.3 is 9.80 Å². The highest BCUT2D eigenvalue weighted by molar-refractivity contribution is 5.94. The molecule has 0 aromatic carbocycles. The molecule has 4 rings (SSSR count). The van der Waals surface area contributed by atoms with Crippen LogP contribution in [0.4, 0.5) is 0 Å². The zero-order valence-electron chi connectivity index (χ0n) is 16.6. The maximum Gasteiger partial charge on any atom is 0.255 e. The Morgan fingerprint density at radius 1 is 1.07 bits per heavy atom. The van der Waals surface area contributed by atoms with Crippen molar-refractivity contribution in [2.24, 2.45) is 7.05 Å². The topological polar surface area (TPSA) is 66.6 Å². The van der Waals surface area contributed by atoms with Crippen LogP contribution in [0.3, 0.4) is 0 Å². The number of pyridine rings is 1. The van der Waals surface area contributed by atoms with Crippen molar-refractivity contribution in [1.29, 1.82) is 0 Å². The molecule has 1 unspecified atom stereocenters. The average molecular weight is 384 g/mol. The van der Waals surface area contributed by atoms with Crippen LogP contribution in [0.25, 0.3) is 5.69 Å². The van der Waals surface area contributed by atoms with Crippen molar-refractivity contribution in [3.63, 3.8) is 0 Å². The Bertz CT molecular complexity index is 896. The molecule has 8 heteroatoms. The molecule has 0 radical (unpaired) electrons. The van der Waals surface area contributed by atoms with E-state index >= 15 is 0 Å². The minimum absolute atomic E-state index is 0.0157. The number of piperazine rings is 1. The molecule has 150 valence electrons. The lowest BCUT2D eigenvalue weighted by molar-refractivity contribution is 0.0451. The first-order chi connectivity index (χ1) is 13.5. The van der Waals surface area contributed by atoms with Crippen LogP contribution in [-0.2, 0) is 7.05 Å². The molecule has 2 aromatic rings. The Labute approximate surface area is 164 Å².